The predicted molar refractivity (Wildman–Crippen MR) is 104 cm³/mol. The fraction of sp³-hybridized carbons (Fsp3) is 0.273. The monoisotopic (exact) mass is 376 g/mol. The predicted octanol–water partition coefficient (Wildman–Crippen LogP) is 3.87. The van der Waals surface area contributed by atoms with E-state index in [2.05, 4.69) is 21.9 Å². The average molecular weight is 376 g/mol. The number of rotatable bonds is 5. The Kier molecular flexibility index (Phi) is 5.10. The highest BCUT2D eigenvalue weighted by Crippen LogP contribution is 2.29. The van der Waals surface area contributed by atoms with E-state index in [0.29, 0.717) is 36.0 Å². The maximum Gasteiger partial charge on any atom is 0.254 e. The van der Waals surface area contributed by atoms with Gasteiger partial charge in [0.15, 0.2) is 5.82 Å². The van der Waals surface area contributed by atoms with Crippen LogP contribution in [0.15, 0.2) is 55.1 Å². The molecule has 2 aromatic heterocycles. The second-order valence-electron chi connectivity index (χ2n) is 7.08. The second-order valence-corrected chi connectivity index (χ2v) is 7.08. The molecular formula is C22H21FN4O. The number of hydrogen-bond acceptors (Lipinski definition) is 4. The highest BCUT2D eigenvalue weighted by atomic mass is 19.1. The number of likely N-dealkylation sites (tertiary alicyclic amines) is 1. The first kappa shape index (κ1) is 18.2. The molecule has 1 aromatic carbocycles. The molecule has 0 aliphatic carbocycles. The van der Waals surface area contributed by atoms with Gasteiger partial charge in [-0.1, -0.05) is 13.3 Å². The van der Waals surface area contributed by atoms with Gasteiger partial charge in [0, 0.05) is 54.9 Å². The average Bonchev–Trinajstić information content (AvgIpc) is 2.68. The molecule has 3 aromatic rings. The minimum atomic E-state index is -0.465. The van der Waals surface area contributed by atoms with Crippen molar-refractivity contribution in [3.63, 3.8) is 0 Å². The van der Waals surface area contributed by atoms with E-state index >= 15 is 0 Å². The Balaban J connectivity index is 1.50. The van der Waals surface area contributed by atoms with Gasteiger partial charge in [-0.2, -0.15) is 0 Å². The Morgan fingerprint density at radius 3 is 2.54 bits per heavy atom. The maximum absolute atomic E-state index is 14.2. The normalized spacial score (nSPS) is 14.0. The molecule has 0 radical (unpaired) electrons. The molecular weight excluding hydrogens is 355 g/mol. The summed E-state index contributed by atoms with van der Waals surface area (Å²) in [5.41, 5.74) is 3.04. The number of amides is 1. The third-order valence-electron chi connectivity index (χ3n) is 4.99. The zero-order valence-corrected chi connectivity index (χ0v) is 15.7. The van der Waals surface area contributed by atoms with Gasteiger partial charge in [0.2, 0.25) is 0 Å². The van der Waals surface area contributed by atoms with Crippen LogP contribution in [0.2, 0.25) is 0 Å². The Morgan fingerprint density at radius 2 is 1.86 bits per heavy atom. The largest absolute Gasteiger partial charge is 0.337 e. The SMILES string of the molecule is CCCc1cnc(-c2cc(F)cc(C(=O)N3CC(c4ccncc4)C3)c2)nc1. The third-order valence-corrected chi connectivity index (χ3v) is 4.99. The van der Waals surface area contributed by atoms with Crippen molar-refractivity contribution in [2.75, 3.05) is 13.1 Å². The molecule has 5 nitrogen and oxygen atoms in total. The number of nitrogens with zero attached hydrogens (tertiary/aromatic N) is 4. The molecule has 1 saturated heterocycles. The van der Waals surface area contributed by atoms with Crippen LogP contribution in [0.25, 0.3) is 11.4 Å². The van der Waals surface area contributed by atoms with Gasteiger partial charge in [-0.05, 0) is 47.9 Å². The molecule has 0 unspecified atom stereocenters. The summed E-state index contributed by atoms with van der Waals surface area (Å²) < 4.78 is 14.2. The Labute approximate surface area is 163 Å². The fourth-order valence-corrected chi connectivity index (χ4v) is 3.44. The molecule has 6 heteroatoms. The van der Waals surface area contributed by atoms with Crippen molar-refractivity contribution in [3.8, 4) is 11.4 Å². The summed E-state index contributed by atoms with van der Waals surface area (Å²) >= 11 is 0. The van der Waals surface area contributed by atoms with Crippen LogP contribution in [0, 0.1) is 5.82 Å². The second kappa shape index (κ2) is 7.84. The molecule has 1 amide bonds. The molecule has 4 rings (SSSR count). The van der Waals surface area contributed by atoms with Crippen molar-refractivity contribution in [2.24, 2.45) is 0 Å². The lowest BCUT2D eigenvalue weighted by atomic mass is 9.91. The highest BCUT2D eigenvalue weighted by Gasteiger charge is 2.32. The number of carbonyl (C=O) groups excluding carboxylic acids is 1. The molecule has 0 saturated carbocycles. The van der Waals surface area contributed by atoms with Crippen molar-refractivity contribution in [3.05, 3.63) is 77.6 Å². The Morgan fingerprint density at radius 1 is 1.14 bits per heavy atom. The lowest BCUT2D eigenvalue weighted by molar-refractivity contribution is 0.0602. The zero-order chi connectivity index (χ0) is 19.5. The van der Waals surface area contributed by atoms with Crippen molar-refractivity contribution in [1.29, 1.82) is 0 Å². The number of pyridine rings is 1. The van der Waals surface area contributed by atoms with Gasteiger partial charge < -0.3 is 4.90 Å². The molecule has 1 fully saturated rings. The van der Waals surface area contributed by atoms with E-state index in [0.717, 1.165) is 18.4 Å². The number of aromatic nitrogens is 3. The number of aryl methyl sites for hydroxylation is 1. The van der Waals surface area contributed by atoms with E-state index in [1.165, 1.54) is 17.7 Å². The van der Waals surface area contributed by atoms with Crippen LogP contribution in [-0.2, 0) is 6.42 Å². The molecule has 0 bridgehead atoms. The van der Waals surface area contributed by atoms with Crippen LogP contribution in [0.5, 0.6) is 0 Å². The minimum Gasteiger partial charge on any atom is -0.337 e. The molecule has 0 spiro atoms. The van der Waals surface area contributed by atoms with Gasteiger partial charge in [0.25, 0.3) is 5.91 Å². The fourth-order valence-electron chi connectivity index (χ4n) is 3.44. The van der Waals surface area contributed by atoms with Crippen molar-refractivity contribution in [1.82, 2.24) is 19.9 Å². The number of halogens is 1. The van der Waals surface area contributed by atoms with E-state index in [1.54, 1.807) is 35.8 Å². The van der Waals surface area contributed by atoms with Gasteiger partial charge in [-0.3, -0.25) is 9.78 Å². The minimum absolute atomic E-state index is 0.173. The van der Waals surface area contributed by atoms with Crippen LogP contribution in [0.4, 0.5) is 4.39 Å². The smallest absolute Gasteiger partial charge is 0.254 e. The summed E-state index contributed by atoms with van der Waals surface area (Å²) in [6.45, 7) is 3.33. The molecule has 3 heterocycles. The lowest BCUT2D eigenvalue weighted by Gasteiger charge is -2.39. The van der Waals surface area contributed by atoms with E-state index in [4.69, 9.17) is 0 Å². The Hall–Kier alpha value is -3.15. The number of hydrogen-bond donors (Lipinski definition) is 0. The quantitative estimate of drug-likeness (QED) is 0.678. The van der Waals surface area contributed by atoms with E-state index in [9.17, 15) is 9.18 Å². The number of benzene rings is 1. The first-order valence-electron chi connectivity index (χ1n) is 9.45. The van der Waals surface area contributed by atoms with Gasteiger partial charge >= 0.3 is 0 Å². The van der Waals surface area contributed by atoms with Crippen LogP contribution >= 0.6 is 0 Å². The molecule has 0 atom stereocenters. The first-order valence-corrected chi connectivity index (χ1v) is 9.45. The summed E-state index contributed by atoms with van der Waals surface area (Å²) in [6.07, 6.45) is 8.94. The van der Waals surface area contributed by atoms with Gasteiger partial charge in [-0.25, -0.2) is 14.4 Å². The molecule has 142 valence electrons. The van der Waals surface area contributed by atoms with Gasteiger partial charge in [0.05, 0.1) is 0 Å². The highest BCUT2D eigenvalue weighted by molar-refractivity contribution is 5.96. The third kappa shape index (κ3) is 3.76. The molecule has 0 N–H and O–H groups in total. The maximum atomic E-state index is 14.2. The van der Waals surface area contributed by atoms with Crippen LogP contribution in [0.3, 0.4) is 0 Å². The summed E-state index contributed by atoms with van der Waals surface area (Å²) in [5.74, 6) is 0.0862. The molecule has 1 aliphatic heterocycles. The van der Waals surface area contributed by atoms with Crippen molar-refractivity contribution >= 4 is 5.91 Å². The van der Waals surface area contributed by atoms with Gasteiger partial charge in [-0.15, -0.1) is 0 Å². The Bertz CT molecular complexity index is 970. The first-order chi connectivity index (χ1) is 13.6. The summed E-state index contributed by atoms with van der Waals surface area (Å²) in [7, 11) is 0. The summed E-state index contributed by atoms with van der Waals surface area (Å²) in [4.78, 5) is 27.2. The standard InChI is InChI=1S/C22H21FN4O/c1-2-3-15-11-25-21(26-12-15)17-8-18(10-20(23)9-17)22(28)27-13-19(14-27)16-4-6-24-7-5-16/h4-12,19H,2-3,13-14H2,1H3. The van der Waals surface area contributed by atoms with E-state index < -0.39 is 5.82 Å². The van der Waals surface area contributed by atoms with Crippen molar-refractivity contribution in [2.45, 2.75) is 25.7 Å². The van der Waals surface area contributed by atoms with Crippen LogP contribution < -0.4 is 0 Å². The van der Waals surface area contributed by atoms with Crippen LogP contribution in [0.1, 0.15) is 40.7 Å². The van der Waals surface area contributed by atoms with E-state index in [-0.39, 0.29) is 5.91 Å². The molecule has 28 heavy (non-hydrogen) atoms. The molecule has 1 aliphatic rings. The van der Waals surface area contributed by atoms with Crippen LogP contribution in [-0.4, -0.2) is 38.8 Å². The topological polar surface area (TPSA) is 59.0 Å². The van der Waals surface area contributed by atoms with E-state index in [1.807, 2.05) is 12.1 Å². The summed E-state index contributed by atoms with van der Waals surface area (Å²) in [5, 5.41) is 0. The number of carbonyl (C=O) groups is 1. The van der Waals surface area contributed by atoms with Crippen molar-refractivity contribution < 1.29 is 9.18 Å². The summed E-state index contributed by atoms with van der Waals surface area (Å²) in [6, 6.07) is 8.23. The lowest BCUT2D eigenvalue weighted by Crippen LogP contribution is -2.48. The zero-order valence-electron chi connectivity index (χ0n) is 15.7. The van der Waals surface area contributed by atoms with Gasteiger partial charge in [0.1, 0.15) is 5.82 Å².